The van der Waals surface area contributed by atoms with Crippen LogP contribution in [0.3, 0.4) is 0 Å². The number of hydrogen-bond acceptors (Lipinski definition) is 6. The Balaban J connectivity index is 2.28. The minimum Gasteiger partial charge on any atom is -0.395 e. The number of aliphatic hydroxyl groups is 1. The maximum absolute atomic E-state index is 9.26. The molecule has 3 N–H and O–H groups in total. The Morgan fingerprint density at radius 3 is 3.00 bits per heavy atom. The molecule has 2 atom stereocenters. The molecule has 18 heavy (non-hydrogen) atoms. The molecule has 0 saturated heterocycles. The van der Waals surface area contributed by atoms with Crippen LogP contribution in [0.5, 0.6) is 0 Å². The van der Waals surface area contributed by atoms with Crippen LogP contribution in [-0.4, -0.2) is 49.4 Å². The van der Waals surface area contributed by atoms with Gasteiger partial charge in [0.15, 0.2) is 5.65 Å². The summed E-state index contributed by atoms with van der Waals surface area (Å²) in [5.41, 5.74) is 0.592. The fourth-order valence-electron chi connectivity index (χ4n) is 1.66. The minimum atomic E-state index is 0.0501. The molecule has 0 spiro atoms. The summed E-state index contributed by atoms with van der Waals surface area (Å²) in [5, 5.41) is 20.2. The molecule has 0 fully saturated rings. The predicted octanol–water partition coefficient (Wildman–Crippen LogP) is 1.53. The fourth-order valence-corrected chi connectivity index (χ4v) is 2.46. The standard InChI is InChI=1S/C10H14ClN5OS/c1-5(7(4-17)18-2)13-8-6-3-12-16-9(6)15-10(11)14-8/h3,5,7,17H,4H2,1-2H3,(H2,12,13,14,15,16). The van der Waals surface area contributed by atoms with Gasteiger partial charge >= 0.3 is 0 Å². The van der Waals surface area contributed by atoms with Crippen LogP contribution in [0.15, 0.2) is 6.20 Å². The number of aromatic amines is 1. The molecule has 2 aromatic heterocycles. The van der Waals surface area contributed by atoms with Crippen molar-refractivity contribution in [3.63, 3.8) is 0 Å². The van der Waals surface area contributed by atoms with E-state index in [-0.39, 0.29) is 23.2 Å². The van der Waals surface area contributed by atoms with Crippen LogP contribution >= 0.6 is 23.4 Å². The van der Waals surface area contributed by atoms with Crippen LogP contribution in [-0.2, 0) is 0 Å². The lowest BCUT2D eigenvalue weighted by atomic mass is 10.2. The zero-order chi connectivity index (χ0) is 13.1. The van der Waals surface area contributed by atoms with Crippen LogP contribution in [0, 0.1) is 0 Å². The van der Waals surface area contributed by atoms with Crippen molar-refractivity contribution >= 4 is 40.2 Å². The van der Waals surface area contributed by atoms with E-state index >= 15 is 0 Å². The quantitative estimate of drug-likeness (QED) is 0.723. The first-order valence-electron chi connectivity index (χ1n) is 5.42. The van der Waals surface area contributed by atoms with E-state index in [4.69, 9.17) is 11.6 Å². The molecule has 6 nitrogen and oxygen atoms in total. The van der Waals surface area contributed by atoms with E-state index in [1.165, 1.54) is 0 Å². The number of anilines is 1. The van der Waals surface area contributed by atoms with Gasteiger partial charge in [-0.25, -0.2) is 0 Å². The fraction of sp³-hybridized carbons (Fsp3) is 0.500. The van der Waals surface area contributed by atoms with Gasteiger partial charge in [0.05, 0.1) is 18.2 Å². The van der Waals surface area contributed by atoms with Gasteiger partial charge in [-0.15, -0.1) is 0 Å². The molecule has 8 heteroatoms. The maximum Gasteiger partial charge on any atom is 0.226 e. The van der Waals surface area contributed by atoms with E-state index in [0.717, 1.165) is 5.39 Å². The van der Waals surface area contributed by atoms with Gasteiger partial charge in [-0.05, 0) is 24.8 Å². The number of H-pyrrole nitrogens is 1. The molecule has 0 aromatic carbocycles. The lowest BCUT2D eigenvalue weighted by molar-refractivity contribution is 0.288. The van der Waals surface area contributed by atoms with Crippen molar-refractivity contribution in [2.24, 2.45) is 0 Å². The molecule has 2 rings (SSSR count). The second-order valence-electron chi connectivity index (χ2n) is 3.86. The van der Waals surface area contributed by atoms with Gasteiger partial charge in [0.25, 0.3) is 0 Å². The Hall–Kier alpha value is -1.05. The van der Waals surface area contributed by atoms with Crippen molar-refractivity contribution in [3.8, 4) is 0 Å². The Morgan fingerprint density at radius 1 is 1.56 bits per heavy atom. The number of nitrogens with zero attached hydrogens (tertiary/aromatic N) is 3. The summed E-state index contributed by atoms with van der Waals surface area (Å²) in [5.74, 6) is 0.624. The van der Waals surface area contributed by atoms with E-state index in [1.807, 2.05) is 13.2 Å². The Labute approximate surface area is 114 Å². The molecule has 0 aliphatic heterocycles. The number of thioether (sulfide) groups is 1. The number of aromatic nitrogens is 4. The molecular weight excluding hydrogens is 274 g/mol. The highest BCUT2D eigenvalue weighted by Crippen LogP contribution is 2.22. The van der Waals surface area contributed by atoms with Crippen LogP contribution in [0.25, 0.3) is 11.0 Å². The molecule has 98 valence electrons. The van der Waals surface area contributed by atoms with Gasteiger partial charge in [-0.3, -0.25) is 5.10 Å². The first-order chi connectivity index (χ1) is 8.65. The van der Waals surface area contributed by atoms with Crippen molar-refractivity contribution in [1.82, 2.24) is 20.2 Å². The summed E-state index contributed by atoms with van der Waals surface area (Å²) in [6, 6.07) is 0.0501. The maximum atomic E-state index is 9.26. The van der Waals surface area contributed by atoms with Gasteiger partial charge in [0, 0.05) is 11.3 Å². The van der Waals surface area contributed by atoms with Crippen LogP contribution in [0.2, 0.25) is 5.28 Å². The SMILES string of the molecule is CSC(CO)C(C)Nc1nc(Cl)nc2[nH]ncc12. The molecule has 2 unspecified atom stereocenters. The molecule has 0 bridgehead atoms. The van der Waals surface area contributed by atoms with Crippen molar-refractivity contribution in [2.75, 3.05) is 18.2 Å². The molecule has 0 aliphatic rings. The molecule has 0 aliphatic carbocycles. The monoisotopic (exact) mass is 287 g/mol. The third kappa shape index (κ3) is 2.68. The second-order valence-corrected chi connectivity index (χ2v) is 5.28. The van der Waals surface area contributed by atoms with E-state index in [9.17, 15) is 5.11 Å². The number of nitrogens with one attached hydrogen (secondary N) is 2. The number of rotatable bonds is 5. The van der Waals surface area contributed by atoms with E-state index in [2.05, 4.69) is 25.5 Å². The lowest BCUT2D eigenvalue weighted by Gasteiger charge is -2.22. The van der Waals surface area contributed by atoms with Crippen LogP contribution < -0.4 is 5.32 Å². The van der Waals surface area contributed by atoms with Crippen LogP contribution in [0.1, 0.15) is 6.92 Å². The third-order valence-corrected chi connectivity index (χ3v) is 4.02. The number of aliphatic hydroxyl groups excluding tert-OH is 1. The predicted molar refractivity (Wildman–Crippen MR) is 74.2 cm³/mol. The third-order valence-electron chi connectivity index (χ3n) is 2.69. The summed E-state index contributed by atoms with van der Waals surface area (Å²) in [7, 11) is 0. The van der Waals surface area contributed by atoms with Gasteiger partial charge in [0.2, 0.25) is 5.28 Å². The molecule has 2 aromatic rings. The Bertz CT molecular complexity index is 530. The lowest BCUT2D eigenvalue weighted by Crippen LogP contribution is -2.31. The van der Waals surface area contributed by atoms with Gasteiger partial charge in [-0.1, -0.05) is 0 Å². The van der Waals surface area contributed by atoms with Gasteiger partial charge in [0.1, 0.15) is 5.82 Å². The molecule has 0 radical (unpaired) electrons. The van der Waals surface area contributed by atoms with E-state index < -0.39 is 0 Å². The van der Waals surface area contributed by atoms with Crippen molar-refractivity contribution < 1.29 is 5.11 Å². The van der Waals surface area contributed by atoms with E-state index in [1.54, 1.807) is 18.0 Å². The molecular formula is C10H14ClN5OS. The highest BCUT2D eigenvalue weighted by atomic mass is 35.5. The summed E-state index contributed by atoms with van der Waals surface area (Å²) in [6.45, 7) is 2.09. The van der Waals surface area contributed by atoms with Crippen LogP contribution in [0.4, 0.5) is 5.82 Å². The van der Waals surface area contributed by atoms with E-state index in [0.29, 0.717) is 11.5 Å². The number of halogens is 1. The first kappa shape index (κ1) is 13.4. The first-order valence-corrected chi connectivity index (χ1v) is 7.09. The highest BCUT2D eigenvalue weighted by Gasteiger charge is 2.17. The molecule has 0 amide bonds. The second kappa shape index (κ2) is 5.73. The highest BCUT2D eigenvalue weighted by molar-refractivity contribution is 7.99. The topological polar surface area (TPSA) is 86.7 Å². The summed E-state index contributed by atoms with van der Waals surface area (Å²) < 4.78 is 0. The summed E-state index contributed by atoms with van der Waals surface area (Å²) in [4.78, 5) is 8.19. The molecule has 2 heterocycles. The average Bonchev–Trinajstić information content (AvgIpc) is 2.78. The largest absolute Gasteiger partial charge is 0.395 e. The van der Waals surface area contributed by atoms with Crippen molar-refractivity contribution in [3.05, 3.63) is 11.5 Å². The summed E-state index contributed by atoms with van der Waals surface area (Å²) in [6.07, 6.45) is 3.60. The van der Waals surface area contributed by atoms with Gasteiger partial charge in [-0.2, -0.15) is 26.8 Å². The summed E-state index contributed by atoms with van der Waals surface area (Å²) >= 11 is 7.44. The average molecular weight is 288 g/mol. The molecule has 0 saturated carbocycles. The normalized spacial score (nSPS) is 14.7. The smallest absolute Gasteiger partial charge is 0.226 e. The van der Waals surface area contributed by atoms with Gasteiger partial charge < -0.3 is 10.4 Å². The zero-order valence-electron chi connectivity index (χ0n) is 10.0. The Kier molecular flexibility index (Phi) is 4.26. The Morgan fingerprint density at radius 2 is 2.33 bits per heavy atom. The number of fused-ring (bicyclic) bond motifs is 1. The number of hydrogen-bond donors (Lipinski definition) is 3. The van der Waals surface area contributed by atoms with Crippen molar-refractivity contribution in [1.29, 1.82) is 0 Å². The zero-order valence-corrected chi connectivity index (χ0v) is 11.6. The van der Waals surface area contributed by atoms with Crippen molar-refractivity contribution in [2.45, 2.75) is 18.2 Å². The minimum absolute atomic E-state index is 0.0501.